The molecule has 0 spiro atoms. The number of hydrogen-bond acceptors (Lipinski definition) is 3. The zero-order chi connectivity index (χ0) is 16.7. The molecule has 2 unspecified atom stereocenters. The number of likely N-dealkylation sites (tertiary alicyclic amines) is 2. The Hall–Kier alpha value is -2.14. The van der Waals surface area contributed by atoms with E-state index >= 15 is 0 Å². The smallest absolute Gasteiger partial charge is 0.289 e. The van der Waals surface area contributed by atoms with E-state index in [1.165, 1.54) is 6.07 Å². The molecule has 2 aromatic rings. The number of furan rings is 1. The lowest BCUT2D eigenvalue weighted by molar-refractivity contribution is 0.0740. The first kappa shape index (κ1) is 15.4. The van der Waals surface area contributed by atoms with Crippen LogP contribution in [0.2, 0.25) is 0 Å². The Bertz CT molecular complexity index is 743. The van der Waals surface area contributed by atoms with Gasteiger partial charge in [0, 0.05) is 32.7 Å². The number of hydrogen-bond donors (Lipinski definition) is 0. The Balaban J connectivity index is 1.36. The van der Waals surface area contributed by atoms with Crippen LogP contribution in [0.25, 0.3) is 0 Å². The van der Waals surface area contributed by atoms with Crippen molar-refractivity contribution in [1.29, 1.82) is 0 Å². The lowest BCUT2D eigenvalue weighted by atomic mass is 10.0. The van der Waals surface area contributed by atoms with Gasteiger partial charge in [-0.1, -0.05) is 12.1 Å². The predicted octanol–water partition coefficient (Wildman–Crippen LogP) is 2.93. The Kier molecular flexibility index (Phi) is 3.88. The van der Waals surface area contributed by atoms with E-state index in [4.69, 9.17) is 4.42 Å². The van der Waals surface area contributed by atoms with E-state index in [1.807, 2.05) is 24.0 Å². The first-order valence-corrected chi connectivity index (χ1v) is 8.41. The number of fused-ring (bicyclic) bond motifs is 1. The minimum atomic E-state index is -0.183. The summed E-state index contributed by atoms with van der Waals surface area (Å²) in [6.45, 7) is 6.10. The number of nitrogens with zero attached hydrogens (tertiary/aromatic N) is 2. The quantitative estimate of drug-likeness (QED) is 0.869. The highest BCUT2D eigenvalue weighted by atomic mass is 19.1. The van der Waals surface area contributed by atoms with Gasteiger partial charge in [-0.2, -0.15) is 0 Å². The topological polar surface area (TPSA) is 36.7 Å². The monoisotopic (exact) mass is 328 g/mol. The second kappa shape index (κ2) is 6.06. The van der Waals surface area contributed by atoms with Gasteiger partial charge in [0.05, 0.1) is 0 Å². The minimum absolute atomic E-state index is 0.00539. The van der Waals surface area contributed by atoms with E-state index < -0.39 is 0 Å². The maximum atomic E-state index is 13.3. The first-order valence-electron chi connectivity index (χ1n) is 8.41. The van der Waals surface area contributed by atoms with Crippen LogP contribution in [0.15, 0.2) is 40.8 Å². The summed E-state index contributed by atoms with van der Waals surface area (Å²) in [6.07, 6.45) is 0. The number of aryl methyl sites for hydroxylation is 1. The van der Waals surface area contributed by atoms with Gasteiger partial charge < -0.3 is 9.32 Å². The van der Waals surface area contributed by atoms with Crippen molar-refractivity contribution in [2.45, 2.75) is 13.5 Å². The fourth-order valence-electron chi connectivity index (χ4n) is 3.98. The van der Waals surface area contributed by atoms with Crippen molar-refractivity contribution in [3.05, 3.63) is 59.3 Å². The second-order valence-corrected chi connectivity index (χ2v) is 6.96. The highest BCUT2D eigenvalue weighted by Gasteiger charge is 2.42. The molecular weight excluding hydrogens is 307 g/mol. The van der Waals surface area contributed by atoms with Crippen LogP contribution >= 0.6 is 0 Å². The second-order valence-electron chi connectivity index (χ2n) is 6.96. The number of rotatable bonds is 3. The molecule has 0 aliphatic carbocycles. The summed E-state index contributed by atoms with van der Waals surface area (Å²) in [5.74, 6) is 2.01. The molecule has 2 aliphatic rings. The van der Waals surface area contributed by atoms with Crippen LogP contribution in [0.1, 0.15) is 21.9 Å². The number of carbonyl (C=O) groups excluding carboxylic acids is 1. The van der Waals surface area contributed by atoms with E-state index in [0.29, 0.717) is 17.6 Å². The van der Waals surface area contributed by atoms with Crippen molar-refractivity contribution in [3.63, 3.8) is 0 Å². The standard InChI is InChI=1S/C19H21FN2O2/c1-13-5-6-18(24-13)19(23)22-11-15-9-21(10-16(15)12-22)8-14-3-2-4-17(20)7-14/h2-7,15-16H,8-12H2,1H3. The molecule has 2 aliphatic heterocycles. The molecule has 0 saturated carbocycles. The zero-order valence-corrected chi connectivity index (χ0v) is 13.7. The average Bonchev–Trinajstić information content (AvgIpc) is 3.21. The SMILES string of the molecule is Cc1ccc(C(=O)N2CC3CN(Cc4cccc(F)c4)CC3C2)o1. The first-order chi connectivity index (χ1) is 11.6. The summed E-state index contributed by atoms with van der Waals surface area (Å²) >= 11 is 0. The lowest BCUT2D eigenvalue weighted by Gasteiger charge is -2.21. The molecule has 24 heavy (non-hydrogen) atoms. The highest BCUT2D eigenvalue weighted by molar-refractivity contribution is 5.91. The third-order valence-corrected chi connectivity index (χ3v) is 5.10. The molecule has 0 N–H and O–H groups in total. The summed E-state index contributed by atoms with van der Waals surface area (Å²) in [4.78, 5) is 16.8. The van der Waals surface area contributed by atoms with Gasteiger partial charge in [0.1, 0.15) is 11.6 Å². The van der Waals surface area contributed by atoms with E-state index in [-0.39, 0.29) is 11.7 Å². The Morgan fingerprint density at radius 1 is 1.17 bits per heavy atom. The largest absolute Gasteiger partial charge is 0.456 e. The third kappa shape index (κ3) is 2.96. The molecule has 0 radical (unpaired) electrons. The summed E-state index contributed by atoms with van der Waals surface area (Å²) in [6, 6.07) is 10.4. The average molecular weight is 328 g/mol. The molecule has 1 aromatic heterocycles. The molecule has 0 bridgehead atoms. The van der Waals surface area contributed by atoms with Gasteiger partial charge in [-0.05, 0) is 48.6 Å². The van der Waals surface area contributed by atoms with Gasteiger partial charge in [0.2, 0.25) is 0 Å². The molecule has 1 aromatic carbocycles. The third-order valence-electron chi connectivity index (χ3n) is 5.10. The molecule has 2 atom stereocenters. The van der Waals surface area contributed by atoms with Crippen molar-refractivity contribution in [2.24, 2.45) is 11.8 Å². The van der Waals surface area contributed by atoms with Crippen molar-refractivity contribution < 1.29 is 13.6 Å². The summed E-state index contributed by atoms with van der Waals surface area (Å²) in [7, 11) is 0. The number of halogens is 1. The zero-order valence-electron chi connectivity index (χ0n) is 13.7. The predicted molar refractivity (Wildman–Crippen MR) is 88.0 cm³/mol. The fourth-order valence-corrected chi connectivity index (χ4v) is 3.98. The molecule has 126 valence electrons. The van der Waals surface area contributed by atoms with Gasteiger partial charge >= 0.3 is 0 Å². The molecule has 5 heteroatoms. The normalized spacial score (nSPS) is 23.7. The summed E-state index contributed by atoms with van der Waals surface area (Å²) < 4.78 is 18.8. The molecule has 2 saturated heterocycles. The van der Waals surface area contributed by atoms with Gasteiger partial charge in [0.25, 0.3) is 5.91 Å². The molecule has 2 fully saturated rings. The van der Waals surface area contributed by atoms with E-state index in [2.05, 4.69) is 4.90 Å². The molecule has 1 amide bonds. The minimum Gasteiger partial charge on any atom is -0.456 e. The van der Waals surface area contributed by atoms with Crippen LogP contribution in [0.4, 0.5) is 4.39 Å². The maximum Gasteiger partial charge on any atom is 0.289 e. The number of amides is 1. The molecule has 3 heterocycles. The molecular formula is C19H21FN2O2. The summed E-state index contributed by atoms with van der Waals surface area (Å²) in [5.41, 5.74) is 1.01. The van der Waals surface area contributed by atoms with Crippen LogP contribution in [-0.2, 0) is 6.54 Å². The number of benzene rings is 1. The van der Waals surface area contributed by atoms with E-state index in [0.717, 1.165) is 44.0 Å². The van der Waals surface area contributed by atoms with Crippen molar-refractivity contribution in [1.82, 2.24) is 9.80 Å². The molecule has 4 nitrogen and oxygen atoms in total. The van der Waals surface area contributed by atoms with Crippen LogP contribution < -0.4 is 0 Å². The van der Waals surface area contributed by atoms with Gasteiger partial charge in [-0.3, -0.25) is 9.69 Å². The van der Waals surface area contributed by atoms with Gasteiger partial charge in [0.15, 0.2) is 5.76 Å². The Morgan fingerprint density at radius 3 is 2.54 bits per heavy atom. The van der Waals surface area contributed by atoms with Crippen LogP contribution in [0, 0.1) is 24.6 Å². The van der Waals surface area contributed by atoms with Gasteiger partial charge in [-0.15, -0.1) is 0 Å². The van der Waals surface area contributed by atoms with Crippen LogP contribution in [-0.4, -0.2) is 41.9 Å². The van der Waals surface area contributed by atoms with E-state index in [9.17, 15) is 9.18 Å². The van der Waals surface area contributed by atoms with Crippen molar-refractivity contribution in [3.8, 4) is 0 Å². The van der Waals surface area contributed by atoms with Crippen LogP contribution in [0.5, 0.6) is 0 Å². The van der Waals surface area contributed by atoms with Crippen LogP contribution in [0.3, 0.4) is 0 Å². The summed E-state index contributed by atoms with van der Waals surface area (Å²) in [5, 5.41) is 0. The highest BCUT2D eigenvalue weighted by Crippen LogP contribution is 2.32. The molecule has 4 rings (SSSR count). The lowest BCUT2D eigenvalue weighted by Crippen LogP contribution is -2.33. The van der Waals surface area contributed by atoms with Crippen molar-refractivity contribution in [2.75, 3.05) is 26.2 Å². The Morgan fingerprint density at radius 2 is 1.92 bits per heavy atom. The Labute approximate surface area is 140 Å². The maximum absolute atomic E-state index is 13.3. The van der Waals surface area contributed by atoms with Crippen molar-refractivity contribution >= 4 is 5.91 Å². The number of carbonyl (C=O) groups is 1. The van der Waals surface area contributed by atoms with E-state index in [1.54, 1.807) is 18.2 Å². The fraction of sp³-hybridized carbons (Fsp3) is 0.421. The van der Waals surface area contributed by atoms with Gasteiger partial charge in [-0.25, -0.2) is 4.39 Å².